The molecule has 1 aliphatic heterocycles. The fraction of sp³-hybridized carbons (Fsp3) is 0.900. The van der Waals surface area contributed by atoms with E-state index in [2.05, 4.69) is 5.32 Å². The maximum Gasteiger partial charge on any atom is 0.317 e. The molecule has 0 aromatic heterocycles. The van der Waals surface area contributed by atoms with Crippen LogP contribution in [-0.4, -0.2) is 36.0 Å². The number of halogens is 2. The third kappa shape index (κ3) is 3.32. The van der Waals surface area contributed by atoms with Gasteiger partial charge in [0.2, 0.25) is 0 Å². The van der Waals surface area contributed by atoms with Crippen molar-refractivity contribution in [2.75, 3.05) is 13.1 Å². The maximum atomic E-state index is 12.8. The molecule has 1 aliphatic rings. The molecule has 0 aromatic rings. The van der Waals surface area contributed by atoms with E-state index in [-0.39, 0.29) is 25.0 Å². The van der Waals surface area contributed by atoms with Gasteiger partial charge in [0.05, 0.1) is 6.54 Å². The molecular formula is C10H18F2N2O. The largest absolute Gasteiger partial charge is 0.335 e. The van der Waals surface area contributed by atoms with Crippen molar-refractivity contribution in [3.63, 3.8) is 0 Å². The van der Waals surface area contributed by atoms with Gasteiger partial charge in [0, 0.05) is 19.0 Å². The molecule has 1 fully saturated rings. The van der Waals surface area contributed by atoms with E-state index in [1.54, 1.807) is 0 Å². The molecule has 5 heteroatoms. The lowest BCUT2D eigenvalue weighted by atomic mass is 10.1. The van der Waals surface area contributed by atoms with E-state index in [9.17, 15) is 13.6 Å². The summed E-state index contributed by atoms with van der Waals surface area (Å²) >= 11 is 0. The fourth-order valence-electron chi connectivity index (χ4n) is 1.36. The first-order valence-electron chi connectivity index (χ1n) is 5.25. The molecule has 0 spiro atoms. The molecule has 1 rings (SSSR count). The third-order valence-corrected chi connectivity index (χ3v) is 2.81. The van der Waals surface area contributed by atoms with E-state index in [0.717, 1.165) is 0 Å². The molecule has 1 heterocycles. The average molecular weight is 220 g/mol. The third-order valence-electron chi connectivity index (χ3n) is 2.81. The fourth-order valence-corrected chi connectivity index (χ4v) is 1.36. The average Bonchev–Trinajstić information content (AvgIpc) is 2.45. The predicted octanol–water partition coefficient (Wildman–Crippen LogP) is 2.08. The van der Waals surface area contributed by atoms with Crippen molar-refractivity contribution < 1.29 is 13.6 Å². The van der Waals surface area contributed by atoms with E-state index in [0.29, 0.717) is 5.92 Å². The monoisotopic (exact) mass is 220 g/mol. The Morgan fingerprint density at radius 3 is 2.40 bits per heavy atom. The van der Waals surface area contributed by atoms with Crippen LogP contribution in [0.1, 0.15) is 27.2 Å². The van der Waals surface area contributed by atoms with Crippen molar-refractivity contribution in [2.45, 2.75) is 39.2 Å². The zero-order chi connectivity index (χ0) is 11.6. The van der Waals surface area contributed by atoms with Gasteiger partial charge >= 0.3 is 6.03 Å². The number of amides is 2. The van der Waals surface area contributed by atoms with Gasteiger partial charge in [-0.3, -0.25) is 0 Å². The van der Waals surface area contributed by atoms with Crippen molar-refractivity contribution in [1.29, 1.82) is 0 Å². The molecule has 1 N–H and O–H groups in total. The van der Waals surface area contributed by atoms with Crippen molar-refractivity contribution in [1.82, 2.24) is 10.2 Å². The van der Waals surface area contributed by atoms with Gasteiger partial charge in [0.25, 0.3) is 5.92 Å². The number of nitrogens with zero attached hydrogens (tertiary/aromatic N) is 1. The molecule has 0 saturated carbocycles. The van der Waals surface area contributed by atoms with Gasteiger partial charge in [0.15, 0.2) is 0 Å². The summed E-state index contributed by atoms with van der Waals surface area (Å²) in [5, 5.41) is 2.71. The quantitative estimate of drug-likeness (QED) is 0.759. The van der Waals surface area contributed by atoms with Gasteiger partial charge in [-0.15, -0.1) is 0 Å². The SMILES string of the molecule is CC(C)[C@@H](C)NC(=O)N1CCC(F)(F)C1. The zero-order valence-electron chi connectivity index (χ0n) is 9.39. The van der Waals surface area contributed by atoms with Crippen LogP contribution in [0.5, 0.6) is 0 Å². The highest BCUT2D eigenvalue weighted by Gasteiger charge is 2.40. The van der Waals surface area contributed by atoms with Crippen molar-refractivity contribution in [3.05, 3.63) is 0 Å². The van der Waals surface area contributed by atoms with Crippen LogP contribution in [0.2, 0.25) is 0 Å². The molecule has 1 saturated heterocycles. The second-order valence-corrected chi connectivity index (χ2v) is 4.51. The number of carbonyl (C=O) groups excluding carboxylic acids is 1. The Labute approximate surface area is 88.8 Å². The number of hydrogen-bond acceptors (Lipinski definition) is 1. The highest BCUT2D eigenvalue weighted by atomic mass is 19.3. The molecule has 1 atom stereocenters. The number of nitrogens with one attached hydrogen (secondary N) is 1. The lowest BCUT2D eigenvalue weighted by molar-refractivity contribution is 0.0152. The summed E-state index contributed by atoms with van der Waals surface area (Å²) in [4.78, 5) is 12.7. The summed E-state index contributed by atoms with van der Waals surface area (Å²) in [5.41, 5.74) is 0. The number of likely N-dealkylation sites (tertiary alicyclic amines) is 1. The number of alkyl halides is 2. The van der Waals surface area contributed by atoms with E-state index in [1.165, 1.54) is 4.90 Å². The lowest BCUT2D eigenvalue weighted by Crippen LogP contribution is -2.45. The Morgan fingerprint density at radius 1 is 1.40 bits per heavy atom. The lowest BCUT2D eigenvalue weighted by Gasteiger charge is -2.22. The number of carbonyl (C=O) groups is 1. The van der Waals surface area contributed by atoms with Gasteiger partial charge in [-0.2, -0.15) is 0 Å². The van der Waals surface area contributed by atoms with Crippen LogP contribution in [0.4, 0.5) is 13.6 Å². The summed E-state index contributed by atoms with van der Waals surface area (Å²) in [6.45, 7) is 5.51. The van der Waals surface area contributed by atoms with Crippen LogP contribution in [0.25, 0.3) is 0 Å². The van der Waals surface area contributed by atoms with E-state index < -0.39 is 12.5 Å². The summed E-state index contributed by atoms with van der Waals surface area (Å²) < 4.78 is 25.7. The molecule has 0 unspecified atom stereocenters. The molecule has 15 heavy (non-hydrogen) atoms. The Balaban J connectivity index is 2.42. The molecule has 2 amide bonds. The minimum Gasteiger partial charge on any atom is -0.335 e. The van der Waals surface area contributed by atoms with Crippen LogP contribution in [-0.2, 0) is 0 Å². The summed E-state index contributed by atoms with van der Waals surface area (Å²) in [6.07, 6.45) is -0.226. The smallest absolute Gasteiger partial charge is 0.317 e. The standard InChI is InChI=1S/C10H18F2N2O/c1-7(2)8(3)13-9(15)14-5-4-10(11,12)6-14/h7-8H,4-6H2,1-3H3,(H,13,15)/t8-/m1/s1. The number of urea groups is 1. The van der Waals surface area contributed by atoms with Gasteiger partial charge in [-0.25, -0.2) is 13.6 Å². The topological polar surface area (TPSA) is 32.3 Å². The van der Waals surface area contributed by atoms with Crippen molar-refractivity contribution in [2.24, 2.45) is 5.92 Å². The van der Waals surface area contributed by atoms with Crippen molar-refractivity contribution >= 4 is 6.03 Å². The number of rotatable bonds is 2. The molecule has 0 radical (unpaired) electrons. The Bertz CT molecular complexity index is 244. The highest BCUT2D eigenvalue weighted by molar-refractivity contribution is 5.74. The Hall–Kier alpha value is -0.870. The van der Waals surface area contributed by atoms with Gasteiger partial charge in [0.1, 0.15) is 0 Å². The Kier molecular flexibility index (Phi) is 3.52. The van der Waals surface area contributed by atoms with Crippen LogP contribution in [0.3, 0.4) is 0 Å². The minimum absolute atomic E-state index is 0.00622. The maximum absolute atomic E-state index is 12.8. The first-order valence-corrected chi connectivity index (χ1v) is 5.25. The molecule has 88 valence electrons. The normalized spacial score (nSPS) is 21.9. The summed E-state index contributed by atoms with van der Waals surface area (Å²) in [6, 6.07) is -0.375. The first kappa shape index (κ1) is 12.2. The second-order valence-electron chi connectivity index (χ2n) is 4.51. The van der Waals surface area contributed by atoms with Crippen LogP contribution in [0.15, 0.2) is 0 Å². The van der Waals surface area contributed by atoms with E-state index >= 15 is 0 Å². The highest BCUT2D eigenvalue weighted by Crippen LogP contribution is 2.26. The zero-order valence-corrected chi connectivity index (χ0v) is 9.39. The van der Waals surface area contributed by atoms with E-state index in [1.807, 2.05) is 20.8 Å². The predicted molar refractivity (Wildman–Crippen MR) is 54.0 cm³/mol. The van der Waals surface area contributed by atoms with Gasteiger partial charge in [-0.1, -0.05) is 13.8 Å². The molecule has 0 bridgehead atoms. The van der Waals surface area contributed by atoms with Gasteiger partial charge < -0.3 is 10.2 Å². The second kappa shape index (κ2) is 4.33. The minimum atomic E-state index is -2.71. The van der Waals surface area contributed by atoms with Crippen LogP contribution < -0.4 is 5.32 Å². The number of hydrogen-bond donors (Lipinski definition) is 1. The molecule has 0 aromatic carbocycles. The first-order chi connectivity index (χ1) is 6.82. The molecule has 3 nitrogen and oxygen atoms in total. The summed E-state index contributed by atoms with van der Waals surface area (Å²) in [7, 11) is 0. The van der Waals surface area contributed by atoms with Gasteiger partial charge in [-0.05, 0) is 12.8 Å². The van der Waals surface area contributed by atoms with Crippen molar-refractivity contribution in [3.8, 4) is 0 Å². The molecule has 0 aliphatic carbocycles. The summed E-state index contributed by atoms with van der Waals surface area (Å²) in [5.74, 6) is -2.41. The van der Waals surface area contributed by atoms with Crippen LogP contribution >= 0.6 is 0 Å². The van der Waals surface area contributed by atoms with Crippen LogP contribution in [0, 0.1) is 5.92 Å². The molecular weight excluding hydrogens is 202 g/mol. The van der Waals surface area contributed by atoms with E-state index in [4.69, 9.17) is 0 Å². The Morgan fingerprint density at radius 2 is 2.00 bits per heavy atom.